The van der Waals surface area contributed by atoms with E-state index in [1.54, 1.807) is 0 Å². The number of hydrogen-bond donors (Lipinski definition) is 1. The fourth-order valence-electron chi connectivity index (χ4n) is 0.683. The van der Waals surface area contributed by atoms with Crippen molar-refractivity contribution < 1.29 is 13.2 Å². The van der Waals surface area contributed by atoms with Crippen molar-refractivity contribution in [2.24, 2.45) is 0 Å². The van der Waals surface area contributed by atoms with E-state index in [0.717, 1.165) is 0 Å². The van der Waals surface area contributed by atoms with E-state index >= 15 is 0 Å². The molecular weight excluding hydrogens is 298 g/mol. The fourth-order valence-corrected chi connectivity index (χ4v) is 0.943. The predicted molar refractivity (Wildman–Crippen MR) is 48.9 cm³/mol. The summed E-state index contributed by atoms with van der Waals surface area (Å²) in [5, 5.41) is 0. The Hall–Kier alpha value is -0.600. The van der Waals surface area contributed by atoms with Crippen LogP contribution < -0.4 is 5.73 Å². The van der Waals surface area contributed by atoms with Crippen LogP contribution in [0, 0.1) is 3.57 Å². The van der Waals surface area contributed by atoms with E-state index < -0.39 is 12.6 Å². The van der Waals surface area contributed by atoms with Crippen molar-refractivity contribution in [2.75, 3.05) is 5.73 Å². The van der Waals surface area contributed by atoms with Gasteiger partial charge in [-0.05, 0) is 22.6 Å². The van der Waals surface area contributed by atoms with Crippen molar-refractivity contribution in [3.8, 4) is 0 Å². The highest BCUT2D eigenvalue weighted by atomic mass is 127. The Balaban J connectivity index is 2.86. The second-order valence-electron chi connectivity index (χ2n) is 2.31. The predicted octanol–water partition coefficient (Wildman–Crippen LogP) is 1.77. The van der Waals surface area contributed by atoms with Crippen LogP contribution in [0.1, 0.15) is 5.82 Å². The molecule has 0 radical (unpaired) electrons. The maximum Gasteiger partial charge on any atom is 0.396 e. The van der Waals surface area contributed by atoms with Gasteiger partial charge < -0.3 is 5.73 Å². The van der Waals surface area contributed by atoms with Crippen LogP contribution in [0.4, 0.5) is 19.0 Å². The smallest absolute Gasteiger partial charge is 0.383 e. The summed E-state index contributed by atoms with van der Waals surface area (Å²) in [7, 11) is 0. The molecule has 0 aromatic carbocycles. The zero-order chi connectivity index (χ0) is 10.1. The molecule has 0 saturated heterocycles. The van der Waals surface area contributed by atoms with Gasteiger partial charge in [0, 0.05) is 6.20 Å². The number of alkyl halides is 3. The van der Waals surface area contributed by atoms with Crippen LogP contribution in [0.25, 0.3) is 0 Å². The van der Waals surface area contributed by atoms with E-state index in [1.165, 1.54) is 6.20 Å². The Morgan fingerprint density at radius 3 is 2.54 bits per heavy atom. The van der Waals surface area contributed by atoms with Crippen molar-refractivity contribution in [2.45, 2.75) is 12.6 Å². The standard InChI is InChI=1S/C6H5F3IN3/c7-6(8,9)1-4-12-2-3(10)5(11)13-4/h2H,1H2,(H2,11,12,13). The molecule has 72 valence electrons. The summed E-state index contributed by atoms with van der Waals surface area (Å²) in [5.74, 6) is -0.222. The van der Waals surface area contributed by atoms with Crippen molar-refractivity contribution >= 4 is 28.4 Å². The number of hydrogen-bond acceptors (Lipinski definition) is 3. The van der Waals surface area contributed by atoms with Gasteiger partial charge in [0.25, 0.3) is 0 Å². The molecule has 0 bridgehead atoms. The first kappa shape index (κ1) is 10.5. The van der Waals surface area contributed by atoms with E-state index in [2.05, 4.69) is 9.97 Å². The zero-order valence-corrected chi connectivity index (χ0v) is 8.43. The molecule has 1 aromatic rings. The van der Waals surface area contributed by atoms with Crippen LogP contribution in [0.5, 0.6) is 0 Å². The van der Waals surface area contributed by atoms with E-state index in [4.69, 9.17) is 5.73 Å². The first-order valence-corrected chi connectivity index (χ1v) is 4.30. The lowest BCUT2D eigenvalue weighted by atomic mass is 10.4. The molecule has 1 aromatic heterocycles. The molecule has 1 rings (SSSR count). The Kier molecular flexibility index (Phi) is 2.94. The van der Waals surface area contributed by atoms with Crippen LogP contribution in [-0.2, 0) is 6.42 Å². The van der Waals surface area contributed by atoms with Crippen LogP contribution in [0.3, 0.4) is 0 Å². The first-order valence-electron chi connectivity index (χ1n) is 3.22. The first-order chi connectivity index (χ1) is 5.88. The van der Waals surface area contributed by atoms with Crippen LogP contribution in [-0.4, -0.2) is 16.1 Å². The third-order valence-electron chi connectivity index (χ3n) is 1.18. The summed E-state index contributed by atoms with van der Waals surface area (Å²) < 4.78 is 36.1. The number of nitrogens with zero attached hydrogens (tertiary/aromatic N) is 2. The van der Waals surface area contributed by atoms with Gasteiger partial charge in [0.1, 0.15) is 18.1 Å². The topological polar surface area (TPSA) is 51.8 Å². The quantitative estimate of drug-likeness (QED) is 0.805. The molecule has 0 unspecified atom stereocenters. The third-order valence-corrected chi connectivity index (χ3v) is 2.01. The summed E-state index contributed by atoms with van der Waals surface area (Å²) in [6.45, 7) is 0. The normalized spacial score (nSPS) is 11.7. The Bertz CT molecular complexity index is 312. The molecule has 0 aliphatic carbocycles. The molecule has 3 nitrogen and oxygen atoms in total. The number of nitrogens with two attached hydrogens (primary N) is 1. The number of nitrogen functional groups attached to an aromatic ring is 1. The summed E-state index contributed by atoms with van der Waals surface area (Å²) >= 11 is 1.85. The molecule has 0 spiro atoms. The molecule has 0 aliphatic rings. The van der Waals surface area contributed by atoms with Gasteiger partial charge in [0.2, 0.25) is 0 Å². The summed E-state index contributed by atoms with van der Waals surface area (Å²) in [6, 6.07) is 0. The highest BCUT2D eigenvalue weighted by Gasteiger charge is 2.29. The molecule has 7 heteroatoms. The van der Waals surface area contributed by atoms with Gasteiger partial charge in [-0.15, -0.1) is 0 Å². The van der Waals surface area contributed by atoms with Crippen LogP contribution in [0.2, 0.25) is 0 Å². The lowest BCUT2D eigenvalue weighted by molar-refractivity contribution is -0.128. The van der Waals surface area contributed by atoms with Crippen molar-refractivity contribution in [1.29, 1.82) is 0 Å². The number of anilines is 1. The number of aromatic nitrogens is 2. The van der Waals surface area contributed by atoms with Gasteiger partial charge in [-0.25, -0.2) is 9.97 Å². The van der Waals surface area contributed by atoms with E-state index in [1.807, 2.05) is 22.6 Å². The Labute approximate surface area is 85.7 Å². The minimum atomic E-state index is -4.29. The Morgan fingerprint density at radius 2 is 2.08 bits per heavy atom. The SMILES string of the molecule is Nc1nc(CC(F)(F)F)ncc1I. The van der Waals surface area contributed by atoms with Gasteiger partial charge in [0.05, 0.1) is 3.57 Å². The summed E-state index contributed by atoms with van der Waals surface area (Å²) in [5.41, 5.74) is 5.31. The fraction of sp³-hybridized carbons (Fsp3) is 0.333. The van der Waals surface area contributed by atoms with E-state index in [0.29, 0.717) is 3.57 Å². The molecule has 2 N–H and O–H groups in total. The van der Waals surface area contributed by atoms with Gasteiger partial charge in [0.15, 0.2) is 0 Å². The molecule has 13 heavy (non-hydrogen) atoms. The largest absolute Gasteiger partial charge is 0.396 e. The Morgan fingerprint density at radius 1 is 1.46 bits per heavy atom. The lowest BCUT2D eigenvalue weighted by Gasteiger charge is -2.05. The van der Waals surface area contributed by atoms with E-state index in [-0.39, 0.29) is 11.6 Å². The van der Waals surface area contributed by atoms with Gasteiger partial charge in [-0.3, -0.25) is 0 Å². The maximum absolute atomic E-state index is 11.9. The minimum absolute atomic E-state index is 0.0786. The summed E-state index contributed by atoms with van der Waals surface area (Å²) in [4.78, 5) is 7.00. The van der Waals surface area contributed by atoms with Gasteiger partial charge >= 0.3 is 6.18 Å². The highest BCUT2D eigenvalue weighted by molar-refractivity contribution is 14.1. The molecule has 0 saturated carbocycles. The van der Waals surface area contributed by atoms with Crippen molar-refractivity contribution in [3.63, 3.8) is 0 Å². The van der Waals surface area contributed by atoms with E-state index in [9.17, 15) is 13.2 Å². The second-order valence-corrected chi connectivity index (χ2v) is 3.47. The average Bonchev–Trinajstić information content (AvgIpc) is 1.94. The van der Waals surface area contributed by atoms with Crippen LogP contribution >= 0.6 is 22.6 Å². The number of halogens is 4. The van der Waals surface area contributed by atoms with Crippen molar-refractivity contribution in [3.05, 3.63) is 15.6 Å². The lowest BCUT2D eigenvalue weighted by Crippen LogP contribution is -2.15. The van der Waals surface area contributed by atoms with Crippen LogP contribution in [0.15, 0.2) is 6.20 Å². The molecule has 0 aliphatic heterocycles. The summed E-state index contributed by atoms with van der Waals surface area (Å²) in [6.07, 6.45) is -4.17. The molecule has 0 atom stereocenters. The van der Waals surface area contributed by atoms with Gasteiger partial charge in [-0.2, -0.15) is 13.2 Å². The molecule has 0 fully saturated rings. The zero-order valence-electron chi connectivity index (χ0n) is 6.27. The average molecular weight is 303 g/mol. The molecular formula is C6H5F3IN3. The van der Waals surface area contributed by atoms with Crippen molar-refractivity contribution in [1.82, 2.24) is 9.97 Å². The third kappa shape index (κ3) is 3.33. The molecule has 1 heterocycles. The van der Waals surface area contributed by atoms with Gasteiger partial charge in [-0.1, -0.05) is 0 Å². The minimum Gasteiger partial charge on any atom is -0.383 e. The molecule has 0 amide bonds. The number of rotatable bonds is 1. The second kappa shape index (κ2) is 3.64. The maximum atomic E-state index is 11.9. The monoisotopic (exact) mass is 303 g/mol. The highest BCUT2D eigenvalue weighted by Crippen LogP contribution is 2.20.